The Morgan fingerprint density at radius 2 is 1.79 bits per heavy atom. The van der Waals surface area contributed by atoms with Crippen molar-refractivity contribution in [1.29, 1.82) is 0 Å². The molecule has 5 nitrogen and oxygen atoms in total. The van der Waals surface area contributed by atoms with Crippen LogP contribution in [0, 0.1) is 0 Å². The van der Waals surface area contributed by atoms with Crippen molar-refractivity contribution in [2.24, 2.45) is 0 Å². The van der Waals surface area contributed by atoms with E-state index >= 15 is 0 Å². The predicted molar refractivity (Wildman–Crippen MR) is 123 cm³/mol. The van der Waals surface area contributed by atoms with E-state index in [-0.39, 0.29) is 33.5 Å². The van der Waals surface area contributed by atoms with Crippen LogP contribution in [0.4, 0.5) is 18.9 Å². The SMILES string of the molecule is CC1C(C)N(c2cccc(Cl)c2)CCN1C(=O)c1ccc([S+]([O-])CC(=O)C(F)(F)F)c(Cl)c1. The van der Waals surface area contributed by atoms with Gasteiger partial charge in [-0.1, -0.05) is 29.3 Å². The number of nitrogens with zero attached hydrogens (tertiary/aromatic N) is 2. The fraction of sp³-hybridized carbons (Fsp3) is 0.364. The third-order valence-electron chi connectivity index (χ3n) is 5.67. The lowest BCUT2D eigenvalue weighted by Gasteiger charge is -2.46. The molecule has 1 aliphatic heterocycles. The minimum absolute atomic E-state index is 0.0169. The lowest BCUT2D eigenvalue weighted by atomic mass is 10.0. The van der Waals surface area contributed by atoms with Gasteiger partial charge in [-0.15, -0.1) is 0 Å². The number of hydrogen-bond acceptors (Lipinski definition) is 4. The van der Waals surface area contributed by atoms with Crippen molar-refractivity contribution in [3.63, 3.8) is 0 Å². The van der Waals surface area contributed by atoms with Crippen LogP contribution in [0.5, 0.6) is 0 Å². The van der Waals surface area contributed by atoms with Crippen LogP contribution in [0.2, 0.25) is 10.0 Å². The number of hydrogen-bond donors (Lipinski definition) is 0. The van der Waals surface area contributed by atoms with Crippen molar-refractivity contribution in [3.05, 3.63) is 58.1 Å². The van der Waals surface area contributed by atoms with Gasteiger partial charge in [0.05, 0.1) is 5.02 Å². The number of halogens is 5. The van der Waals surface area contributed by atoms with Crippen LogP contribution in [0.1, 0.15) is 24.2 Å². The molecular weight excluding hydrogens is 500 g/mol. The normalized spacial score (nSPS) is 20.0. The van der Waals surface area contributed by atoms with Gasteiger partial charge in [-0.05, 0) is 61.4 Å². The van der Waals surface area contributed by atoms with E-state index in [0.29, 0.717) is 18.1 Å². The van der Waals surface area contributed by atoms with Crippen molar-refractivity contribution in [1.82, 2.24) is 4.90 Å². The number of benzene rings is 2. The molecule has 0 aliphatic carbocycles. The van der Waals surface area contributed by atoms with Gasteiger partial charge in [0.25, 0.3) is 11.7 Å². The Labute approximate surface area is 202 Å². The van der Waals surface area contributed by atoms with Gasteiger partial charge in [0, 0.05) is 41.4 Å². The monoisotopic (exact) mass is 520 g/mol. The summed E-state index contributed by atoms with van der Waals surface area (Å²) >= 11 is 9.94. The minimum atomic E-state index is -5.07. The standard InChI is InChI=1S/C22H21Cl2F3N2O3S/c1-13-14(2)29(9-8-28(13)17-5-3-4-16(23)11-17)21(31)15-6-7-19(18(24)10-15)33(32)12-20(30)22(25,26)27/h3-7,10-11,13-14H,8-9,12H2,1-2H3. The summed E-state index contributed by atoms with van der Waals surface area (Å²) in [6, 6.07) is 11.2. The van der Waals surface area contributed by atoms with Crippen LogP contribution in [-0.2, 0) is 16.0 Å². The molecule has 0 radical (unpaired) electrons. The molecule has 3 atom stereocenters. The summed E-state index contributed by atoms with van der Waals surface area (Å²) in [4.78, 5) is 28.0. The number of amides is 1. The Morgan fingerprint density at radius 3 is 2.39 bits per heavy atom. The van der Waals surface area contributed by atoms with E-state index < -0.39 is 28.9 Å². The molecule has 1 heterocycles. The van der Waals surface area contributed by atoms with Crippen molar-refractivity contribution < 1.29 is 27.3 Å². The molecule has 1 saturated heterocycles. The highest BCUT2D eigenvalue weighted by molar-refractivity contribution is 7.92. The van der Waals surface area contributed by atoms with Crippen molar-refractivity contribution in [2.45, 2.75) is 37.0 Å². The van der Waals surface area contributed by atoms with Gasteiger partial charge in [-0.25, -0.2) is 0 Å². The highest BCUT2D eigenvalue weighted by Crippen LogP contribution is 2.30. The predicted octanol–water partition coefficient (Wildman–Crippen LogP) is 4.97. The molecule has 2 aromatic rings. The molecule has 1 amide bonds. The first-order valence-electron chi connectivity index (χ1n) is 10.0. The van der Waals surface area contributed by atoms with E-state index in [2.05, 4.69) is 4.90 Å². The molecular formula is C22H21Cl2F3N2O3S. The highest BCUT2D eigenvalue weighted by Gasteiger charge is 2.42. The molecule has 33 heavy (non-hydrogen) atoms. The molecule has 2 aromatic carbocycles. The van der Waals surface area contributed by atoms with Crippen LogP contribution in [0.3, 0.4) is 0 Å². The number of alkyl halides is 3. The minimum Gasteiger partial charge on any atom is -0.611 e. The first-order chi connectivity index (χ1) is 15.4. The van der Waals surface area contributed by atoms with Crippen LogP contribution in [0.25, 0.3) is 0 Å². The number of Topliss-reactive ketones (excluding diaryl/α,β-unsaturated/α-hetero) is 1. The Hall–Kier alpha value is -1.94. The third-order valence-corrected chi connectivity index (χ3v) is 7.70. The number of carbonyl (C=O) groups excluding carboxylic acids is 2. The van der Waals surface area contributed by atoms with Crippen LogP contribution >= 0.6 is 23.2 Å². The maximum absolute atomic E-state index is 13.1. The van der Waals surface area contributed by atoms with E-state index in [4.69, 9.17) is 23.2 Å². The average molecular weight is 521 g/mol. The maximum atomic E-state index is 13.1. The zero-order valence-corrected chi connectivity index (χ0v) is 20.1. The molecule has 11 heteroatoms. The van der Waals surface area contributed by atoms with E-state index in [1.54, 1.807) is 11.0 Å². The van der Waals surface area contributed by atoms with Crippen LogP contribution in [0.15, 0.2) is 47.4 Å². The van der Waals surface area contributed by atoms with Gasteiger partial charge < -0.3 is 14.4 Å². The summed E-state index contributed by atoms with van der Waals surface area (Å²) in [5, 5.41) is 0.488. The first kappa shape index (κ1) is 25.7. The Bertz CT molecular complexity index is 1050. The lowest BCUT2D eigenvalue weighted by molar-refractivity contribution is -0.168. The van der Waals surface area contributed by atoms with Crippen molar-refractivity contribution in [2.75, 3.05) is 23.7 Å². The molecule has 0 bridgehead atoms. The molecule has 0 N–H and O–H groups in total. The van der Waals surface area contributed by atoms with Gasteiger partial charge in [0.15, 0.2) is 10.6 Å². The van der Waals surface area contributed by atoms with Gasteiger partial charge in [-0.3, -0.25) is 9.59 Å². The molecule has 3 rings (SSSR count). The van der Waals surface area contributed by atoms with Gasteiger partial charge in [0.1, 0.15) is 0 Å². The summed E-state index contributed by atoms with van der Waals surface area (Å²) < 4.78 is 49.5. The summed E-state index contributed by atoms with van der Waals surface area (Å²) in [6.07, 6.45) is -5.07. The van der Waals surface area contributed by atoms with E-state index in [1.165, 1.54) is 18.2 Å². The quantitative estimate of drug-likeness (QED) is 0.522. The summed E-state index contributed by atoms with van der Waals surface area (Å²) in [7, 11) is 0. The first-order valence-corrected chi connectivity index (χ1v) is 12.1. The van der Waals surface area contributed by atoms with E-state index in [0.717, 1.165) is 5.69 Å². The van der Waals surface area contributed by atoms with Crippen molar-refractivity contribution >= 4 is 51.8 Å². The zero-order chi connectivity index (χ0) is 24.5. The highest BCUT2D eigenvalue weighted by atomic mass is 35.5. The van der Waals surface area contributed by atoms with Crippen molar-refractivity contribution in [3.8, 4) is 0 Å². The number of piperazine rings is 1. The Kier molecular flexibility index (Phi) is 7.88. The Morgan fingerprint density at radius 1 is 1.09 bits per heavy atom. The molecule has 0 saturated carbocycles. The lowest BCUT2D eigenvalue weighted by Crippen LogP contribution is -2.59. The zero-order valence-electron chi connectivity index (χ0n) is 17.7. The van der Waals surface area contributed by atoms with Gasteiger partial charge in [-0.2, -0.15) is 13.2 Å². The number of rotatable bonds is 5. The number of anilines is 1. The average Bonchev–Trinajstić information content (AvgIpc) is 2.74. The number of ketones is 1. The summed E-state index contributed by atoms with van der Waals surface area (Å²) in [6.45, 7) is 4.93. The second-order valence-electron chi connectivity index (χ2n) is 7.71. The Balaban J connectivity index is 1.73. The summed E-state index contributed by atoms with van der Waals surface area (Å²) in [5.41, 5.74) is 1.18. The smallest absolute Gasteiger partial charge is 0.455 e. The van der Waals surface area contributed by atoms with Crippen LogP contribution < -0.4 is 4.90 Å². The van der Waals surface area contributed by atoms with Crippen LogP contribution in [-0.4, -0.2) is 58.2 Å². The topological polar surface area (TPSA) is 63.7 Å². The molecule has 3 unspecified atom stereocenters. The maximum Gasteiger partial charge on any atom is 0.455 e. The van der Waals surface area contributed by atoms with E-state index in [9.17, 15) is 27.3 Å². The number of carbonyl (C=O) groups is 2. The molecule has 0 aromatic heterocycles. The second-order valence-corrected chi connectivity index (χ2v) is 9.97. The van der Waals surface area contributed by atoms with Gasteiger partial charge in [0.2, 0.25) is 0 Å². The van der Waals surface area contributed by atoms with E-state index in [1.807, 2.05) is 32.0 Å². The fourth-order valence-electron chi connectivity index (χ4n) is 3.71. The fourth-order valence-corrected chi connectivity index (χ4v) is 5.39. The molecule has 1 aliphatic rings. The van der Waals surface area contributed by atoms with Gasteiger partial charge >= 0.3 is 6.18 Å². The largest absolute Gasteiger partial charge is 0.611 e. The molecule has 1 fully saturated rings. The molecule has 178 valence electrons. The summed E-state index contributed by atoms with van der Waals surface area (Å²) in [5.74, 6) is -3.63. The third kappa shape index (κ3) is 5.77. The molecule has 0 spiro atoms. The second kappa shape index (κ2) is 10.1.